The molecular weight excluding hydrogens is 222 g/mol. The van der Waals surface area contributed by atoms with Gasteiger partial charge in [-0.25, -0.2) is 0 Å². The molecule has 0 radical (unpaired) electrons. The van der Waals surface area contributed by atoms with Gasteiger partial charge < -0.3 is 15.5 Å². The summed E-state index contributed by atoms with van der Waals surface area (Å²) in [5.41, 5.74) is 2.58. The van der Waals surface area contributed by atoms with Crippen LogP contribution < -0.4 is 15.5 Å². The first-order valence-electron chi connectivity index (χ1n) is 6.72. The largest absolute Gasteiger partial charge is 0.378 e. The zero-order valence-corrected chi connectivity index (χ0v) is 12.3. The standard InChI is InChI=1S/C15H27N3/c1-12(2)16-10-13(3)17-11-14-7-6-8-15(9-14)18(4)5/h6-9,12-13,16-17H,10-11H2,1-5H3. The van der Waals surface area contributed by atoms with Crippen molar-refractivity contribution in [3.8, 4) is 0 Å². The molecule has 0 fully saturated rings. The minimum absolute atomic E-state index is 0.482. The summed E-state index contributed by atoms with van der Waals surface area (Å²) in [7, 11) is 4.14. The van der Waals surface area contributed by atoms with E-state index in [9.17, 15) is 0 Å². The van der Waals surface area contributed by atoms with Crippen LogP contribution in [0.3, 0.4) is 0 Å². The van der Waals surface area contributed by atoms with Crippen LogP contribution in [0.4, 0.5) is 5.69 Å². The summed E-state index contributed by atoms with van der Waals surface area (Å²) >= 11 is 0. The van der Waals surface area contributed by atoms with E-state index in [-0.39, 0.29) is 0 Å². The highest BCUT2D eigenvalue weighted by molar-refractivity contribution is 5.47. The molecule has 0 saturated heterocycles. The van der Waals surface area contributed by atoms with Crippen molar-refractivity contribution < 1.29 is 0 Å². The second-order valence-electron chi connectivity index (χ2n) is 5.41. The molecule has 3 nitrogen and oxygen atoms in total. The lowest BCUT2D eigenvalue weighted by atomic mass is 10.2. The van der Waals surface area contributed by atoms with Gasteiger partial charge in [0.15, 0.2) is 0 Å². The maximum Gasteiger partial charge on any atom is 0.0364 e. The molecular formula is C15H27N3. The van der Waals surface area contributed by atoms with E-state index in [1.54, 1.807) is 0 Å². The van der Waals surface area contributed by atoms with Gasteiger partial charge in [0.2, 0.25) is 0 Å². The smallest absolute Gasteiger partial charge is 0.0364 e. The predicted octanol–water partition coefficient (Wildman–Crippen LogP) is 2.23. The summed E-state index contributed by atoms with van der Waals surface area (Å²) in [5.74, 6) is 0. The molecule has 2 N–H and O–H groups in total. The van der Waals surface area contributed by atoms with Crippen molar-refractivity contribution in [1.29, 1.82) is 0 Å². The van der Waals surface area contributed by atoms with Crippen LogP contribution in [0.1, 0.15) is 26.3 Å². The monoisotopic (exact) mass is 249 g/mol. The van der Waals surface area contributed by atoms with Crippen molar-refractivity contribution >= 4 is 5.69 Å². The van der Waals surface area contributed by atoms with Crippen LogP contribution >= 0.6 is 0 Å². The maximum atomic E-state index is 3.54. The van der Waals surface area contributed by atoms with E-state index >= 15 is 0 Å². The molecule has 0 heterocycles. The number of benzene rings is 1. The molecule has 3 heteroatoms. The minimum Gasteiger partial charge on any atom is -0.378 e. The summed E-state index contributed by atoms with van der Waals surface area (Å²) in [6, 6.07) is 9.68. The number of rotatable bonds is 7. The quantitative estimate of drug-likeness (QED) is 0.776. The Hall–Kier alpha value is -1.06. The Balaban J connectivity index is 2.40. The van der Waals surface area contributed by atoms with Crippen LogP contribution in [-0.4, -0.2) is 32.7 Å². The Morgan fingerprint density at radius 3 is 2.44 bits per heavy atom. The van der Waals surface area contributed by atoms with Gasteiger partial charge in [-0.1, -0.05) is 26.0 Å². The molecule has 1 aromatic carbocycles. The molecule has 1 aromatic rings. The van der Waals surface area contributed by atoms with E-state index in [1.807, 2.05) is 0 Å². The Morgan fingerprint density at radius 1 is 1.11 bits per heavy atom. The van der Waals surface area contributed by atoms with Crippen molar-refractivity contribution in [2.75, 3.05) is 25.5 Å². The van der Waals surface area contributed by atoms with E-state index in [4.69, 9.17) is 0 Å². The average Bonchev–Trinajstić information content (AvgIpc) is 2.34. The number of nitrogens with one attached hydrogen (secondary N) is 2. The van der Waals surface area contributed by atoms with Gasteiger partial charge in [0.1, 0.15) is 0 Å². The molecule has 0 aliphatic heterocycles. The Bertz CT molecular complexity index is 347. The molecule has 0 spiro atoms. The first-order valence-corrected chi connectivity index (χ1v) is 6.72. The van der Waals surface area contributed by atoms with Crippen molar-refractivity contribution in [2.45, 2.75) is 39.4 Å². The topological polar surface area (TPSA) is 27.3 Å². The number of nitrogens with zero attached hydrogens (tertiary/aromatic N) is 1. The third-order valence-corrected chi connectivity index (χ3v) is 2.91. The van der Waals surface area contributed by atoms with Crippen LogP contribution in [0.2, 0.25) is 0 Å². The summed E-state index contributed by atoms with van der Waals surface area (Å²) < 4.78 is 0. The molecule has 0 saturated carbocycles. The lowest BCUT2D eigenvalue weighted by molar-refractivity contribution is 0.474. The molecule has 0 amide bonds. The van der Waals surface area contributed by atoms with Gasteiger partial charge in [0.25, 0.3) is 0 Å². The number of hydrogen-bond donors (Lipinski definition) is 2. The third-order valence-electron chi connectivity index (χ3n) is 2.91. The zero-order valence-electron chi connectivity index (χ0n) is 12.3. The fraction of sp³-hybridized carbons (Fsp3) is 0.600. The van der Waals surface area contributed by atoms with E-state index in [2.05, 4.69) is 74.7 Å². The number of hydrogen-bond acceptors (Lipinski definition) is 3. The number of anilines is 1. The summed E-state index contributed by atoms with van der Waals surface area (Å²) in [4.78, 5) is 2.13. The SMILES string of the molecule is CC(C)NCC(C)NCc1cccc(N(C)C)c1. The van der Waals surface area contributed by atoms with Gasteiger partial charge in [0.05, 0.1) is 0 Å². The van der Waals surface area contributed by atoms with Crippen molar-refractivity contribution in [3.63, 3.8) is 0 Å². The third kappa shape index (κ3) is 5.52. The molecule has 0 aromatic heterocycles. The Morgan fingerprint density at radius 2 is 1.83 bits per heavy atom. The molecule has 0 bridgehead atoms. The van der Waals surface area contributed by atoms with Crippen LogP contribution in [-0.2, 0) is 6.54 Å². The predicted molar refractivity (Wildman–Crippen MR) is 80.2 cm³/mol. The minimum atomic E-state index is 0.482. The van der Waals surface area contributed by atoms with Gasteiger partial charge in [0, 0.05) is 45.0 Å². The second-order valence-corrected chi connectivity index (χ2v) is 5.41. The normalized spacial score (nSPS) is 12.8. The van der Waals surface area contributed by atoms with Crippen molar-refractivity contribution in [2.24, 2.45) is 0 Å². The first-order chi connectivity index (χ1) is 8.49. The van der Waals surface area contributed by atoms with E-state index in [1.165, 1.54) is 11.3 Å². The summed E-state index contributed by atoms with van der Waals surface area (Å²) in [6.45, 7) is 8.49. The first kappa shape index (κ1) is 15.0. The summed E-state index contributed by atoms with van der Waals surface area (Å²) in [6.07, 6.45) is 0. The molecule has 0 aliphatic rings. The fourth-order valence-electron chi connectivity index (χ4n) is 1.72. The molecule has 18 heavy (non-hydrogen) atoms. The highest BCUT2D eigenvalue weighted by atomic mass is 15.1. The lowest BCUT2D eigenvalue weighted by Crippen LogP contribution is -2.38. The van der Waals surface area contributed by atoms with Gasteiger partial charge in [-0.2, -0.15) is 0 Å². The van der Waals surface area contributed by atoms with Crippen molar-refractivity contribution in [3.05, 3.63) is 29.8 Å². The molecule has 1 atom stereocenters. The lowest BCUT2D eigenvalue weighted by Gasteiger charge is -2.18. The van der Waals surface area contributed by atoms with E-state index in [0.29, 0.717) is 12.1 Å². The van der Waals surface area contributed by atoms with Crippen LogP contribution in [0, 0.1) is 0 Å². The van der Waals surface area contributed by atoms with Gasteiger partial charge >= 0.3 is 0 Å². The van der Waals surface area contributed by atoms with E-state index < -0.39 is 0 Å². The highest BCUT2D eigenvalue weighted by Gasteiger charge is 2.03. The van der Waals surface area contributed by atoms with Crippen molar-refractivity contribution in [1.82, 2.24) is 10.6 Å². The average molecular weight is 249 g/mol. The van der Waals surface area contributed by atoms with Gasteiger partial charge in [-0.05, 0) is 24.6 Å². The molecule has 0 aliphatic carbocycles. The molecule has 102 valence electrons. The van der Waals surface area contributed by atoms with Crippen LogP contribution in [0.15, 0.2) is 24.3 Å². The molecule has 1 rings (SSSR count). The van der Waals surface area contributed by atoms with E-state index in [0.717, 1.165) is 13.1 Å². The molecule has 1 unspecified atom stereocenters. The van der Waals surface area contributed by atoms with Gasteiger partial charge in [-0.3, -0.25) is 0 Å². The van der Waals surface area contributed by atoms with Crippen LogP contribution in [0.25, 0.3) is 0 Å². The highest BCUT2D eigenvalue weighted by Crippen LogP contribution is 2.13. The Kier molecular flexibility index (Phi) is 6.16. The summed E-state index contributed by atoms with van der Waals surface area (Å²) in [5, 5.41) is 6.98. The fourth-order valence-corrected chi connectivity index (χ4v) is 1.72. The Labute approximate surface area is 112 Å². The maximum absolute atomic E-state index is 3.54. The second kappa shape index (κ2) is 7.39. The van der Waals surface area contributed by atoms with Gasteiger partial charge in [-0.15, -0.1) is 0 Å². The van der Waals surface area contributed by atoms with Crippen LogP contribution in [0.5, 0.6) is 0 Å². The zero-order chi connectivity index (χ0) is 13.5.